The SMILES string of the molecule is CC/C=C(\CC)B1CC(C)(C)C(C)(C)C1. The minimum Gasteiger partial charge on any atom is -0.105 e. The maximum absolute atomic E-state index is 2.46. The van der Waals surface area contributed by atoms with E-state index in [2.05, 4.69) is 47.6 Å². The van der Waals surface area contributed by atoms with Crippen LogP contribution >= 0.6 is 0 Å². The monoisotopic (exact) mass is 206 g/mol. The van der Waals surface area contributed by atoms with Crippen molar-refractivity contribution >= 4 is 6.71 Å². The summed E-state index contributed by atoms with van der Waals surface area (Å²) < 4.78 is 0. The van der Waals surface area contributed by atoms with Crippen molar-refractivity contribution in [3.8, 4) is 0 Å². The standard InChI is InChI=1S/C14H27B/c1-7-9-12(8-2)15-10-13(3,4)14(5,6)11-15/h9H,7-8,10-11H2,1-6H3/b12-9+. The van der Waals surface area contributed by atoms with E-state index in [1.54, 1.807) is 5.47 Å². The minimum atomic E-state index is 0.500. The van der Waals surface area contributed by atoms with Crippen LogP contribution in [0.1, 0.15) is 54.4 Å². The quantitative estimate of drug-likeness (QED) is 0.580. The summed E-state index contributed by atoms with van der Waals surface area (Å²) in [6.07, 6.45) is 7.65. The molecule has 0 atom stereocenters. The molecule has 0 aromatic heterocycles. The Morgan fingerprint density at radius 3 is 1.87 bits per heavy atom. The van der Waals surface area contributed by atoms with Crippen molar-refractivity contribution in [2.45, 2.75) is 67.0 Å². The van der Waals surface area contributed by atoms with Gasteiger partial charge in [-0.15, -0.1) is 5.47 Å². The van der Waals surface area contributed by atoms with Gasteiger partial charge >= 0.3 is 0 Å². The third-order valence-electron chi connectivity index (χ3n) is 4.74. The van der Waals surface area contributed by atoms with Gasteiger partial charge in [-0.05, 0) is 23.7 Å². The van der Waals surface area contributed by atoms with Gasteiger partial charge in [0.1, 0.15) is 0 Å². The lowest BCUT2D eigenvalue weighted by Crippen LogP contribution is -2.24. The number of hydrogen-bond donors (Lipinski definition) is 0. The highest BCUT2D eigenvalue weighted by Gasteiger charge is 2.48. The molecule has 1 rings (SSSR count). The van der Waals surface area contributed by atoms with Crippen LogP contribution in [0.3, 0.4) is 0 Å². The Balaban J connectivity index is 2.82. The first kappa shape index (κ1) is 12.9. The zero-order chi connectivity index (χ0) is 11.7. The second-order valence-corrected chi connectivity index (χ2v) is 6.41. The highest BCUT2D eigenvalue weighted by atomic mass is 14.4. The van der Waals surface area contributed by atoms with E-state index in [4.69, 9.17) is 0 Å². The van der Waals surface area contributed by atoms with Gasteiger partial charge in [0, 0.05) is 0 Å². The normalized spacial score (nSPS) is 24.7. The van der Waals surface area contributed by atoms with Crippen LogP contribution in [-0.2, 0) is 0 Å². The third kappa shape index (κ3) is 2.49. The summed E-state index contributed by atoms with van der Waals surface area (Å²) in [6.45, 7) is 15.2. The average Bonchev–Trinajstić information content (AvgIpc) is 2.32. The van der Waals surface area contributed by atoms with Crippen LogP contribution in [0.15, 0.2) is 11.5 Å². The van der Waals surface area contributed by atoms with Gasteiger partial charge in [-0.25, -0.2) is 0 Å². The Bertz CT molecular complexity index is 232. The molecule has 1 fully saturated rings. The summed E-state index contributed by atoms with van der Waals surface area (Å²) in [5.74, 6) is 0. The van der Waals surface area contributed by atoms with E-state index >= 15 is 0 Å². The van der Waals surface area contributed by atoms with Gasteiger partial charge in [0.2, 0.25) is 0 Å². The lowest BCUT2D eigenvalue weighted by molar-refractivity contribution is 0.177. The van der Waals surface area contributed by atoms with E-state index in [0.717, 1.165) is 6.71 Å². The van der Waals surface area contributed by atoms with Crippen molar-refractivity contribution in [1.29, 1.82) is 0 Å². The van der Waals surface area contributed by atoms with E-state index in [0.29, 0.717) is 10.8 Å². The van der Waals surface area contributed by atoms with Gasteiger partial charge in [-0.1, -0.05) is 60.3 Å². The fraction of sp³-hybridized carbons (Fsp3) is 0.857. The van der Waals surface area contributed by atoms with E-state index in [-0.39, 0.29) is 0 Å². The predicted molar refractivity (Wildman–Crippen MR) is 71.6 cm³/mol. The summed E-state index contributed by atoms with van der Waals surface area (Å²) in [5.41, 5.74) is 2.70. The smallest absolute Gasteiger partial charge is 0.105 e. The predicted octanol–water partition coefficient (Wildman–Crippen LogP) is 4.83. The molecule has 0 N–H and O–H groups in total. The molecule has 0 aliphatic carbocycles. The summed E-state index contributed by atoms with van der Waals surface area (Å²) >= 11 is 0. The van der Waals surface area contributed by atoms with E-state index in [1.807, 2.05) is 0 Å². The Morgan fingerprint density at radius 1 is 1.07 bits per heavy atom. The van der Waals surface area contributed by atoms with Crippen molar-refractivity contribution in [2.24, 2.45) is 10.8 Å². The molecule has 86 valence electrons. The van der Waals surface area contributed by atoms with Crippen molar-refractivity contribution < 1.29 is 0 Å². The Morgan fingerprint density at radius 2 is 1.53 bits per heavy atom. The third-order valence-corrected chi connectivity index (χ3v) is 4.74. The Labute approximate surface area is 96.6 Å². The van der Waals surface area contributed by atoms with Gasteiger partial charge in [0.15, 0.2) is 6.71 Å². The van der Waals surface area contributed by atoms with Crippen LogP contribution in [0.25, 0.3) is 0 Å². The van der Waals surface area contributed by atoms with Crippen molar-refractivity contribution in [1.82, 2.24) is 0 Å². The van der Waals surface area contributed by atoms with Crippen molar-refractivity contribution in [2.75, 3.05) is 0 Å². The maximum Gasteiger partial charge on any atom is 0.171 e. The molecule has 0 radical (unpaired) electrons. The molecule has 0 aromatic carbocycles. The Hall–Kier alpha value is -0.195. The first-order valence-electron chi connectivity index (χ1n) is 6.53. The molecule has 1 heterocycles. The van der Waals surface area contributed by atoms with Crippen molar-refractivity contribution in [3.05, 3.63) is 11.5 Å². The zero-order valence-electron chi connectivity index (χ0n) is 11.5. The van der Waals surface area contributed by atoms with Crippen LogP contribution in [0.5, 0.6) is 0 Å². The van der Waals surface area contributed by atoms with Crippen LogP contribution in [0.4, 0.5) is 0 Å². The fourth-order valence-corrected chi connectivity index (χ4v) is 2.98. The Kier molecular flexibility index (Phi) is 3.74. The molecule has 0 aromatic rings. The summed E-state index contributed by atoms with van der Waals surface area (Å²) in [6, 6.07) is 0. The highest BCUT2D eigenvalue weighted by molar-refractivity contribution is 6.67. The lowest BCUT2D eigenvalue weighted by atomic mass is 9.41. The molecule has 0 amide bonds. The minimum absolute atomic E-state index is 0.500. The number of hydrogen-bond acceptors (Lipinski definition) is 0. The van der Waals surface area contributed by atoms with E-state index in [9.17, 15) is 0 Å². The van der Waals surface area contributed by atoms with Gasteiger partial charge in [0.25, 0.3) is 0 Å². The molecular formula is C14H27B. The molecular weight excluding hydrogens is 179 g/mol. The molecule has 0 spiro atoms. The molecule has 1 heteroatoms. The highest BCUT2D eigenvalue weighted by Crippen LogP contribution is 2.54. The van der Waals surface area contributed by atoms with Crippen LogP contribution in [0.2, 0.25) is 12.6 Å². The first-order chi connectivity index (χ1) is 6.84. The molecule has 0 nitrogen and oxygen atoms in total. The van der Waals surface area contributed by atoms with Gasteiger partial charge in [-0.2, -0.15) is 0 Å². The summed E-state index contributed by atoms with van der Waals surface area (Å²) in [5, 5.41) is 0. The van der Waals surface area contributed by atoms with E-state index < -0.39 is 0 Å². The zero-order valence-corrected chi connectivity index (χ0v) is 11.5. The summed E-state index contributed by atoms with van der Waals surface area (Å²) in [7, 11) is 0. The van der Waals surface area contributed by atoms with Crippen LogP contribution in [-0.4, -0.2) is 6.71 Å². The van der Waals surface area contributed by atoms with E-state index in [1.165, 1.54) is 25.5 Å². The molecule has 0 saturated carbocycles. The summed E-state index contributed by atoms with van der Waals surface area (Å²) in [4.78, 5) is 0. The van der Waals surface area contributed by atoms with Crippen molar-refractivity contribution in [3.63, 3.8) is 0 Å². The molecule has 1 saturated heterocycles. The van der Waals surface area contributed by atoms with Gasteiger partial charge < -0.3 is 0 Å². The first-order valence-corrected chi connectivity index (χ1v) is 6.53. The van der Waals surface area contributed by atoms with Crippen LogP contribution < -0.4 is 0 Å². The van der Waals surface area contributed by atoms with Gasteiger partial charge in [-0.3, -0.25) is 0 Å². The second-order valence-electron chi connectivity index (χ2n) is 6.41. The molecule has 0 bridgehead atoms. The molecule has 1 aliphatic heterocycles. The topological polar surface area (TPSA) is 0 Å². The lowest BCUT2D eigenvalue weighted by Gasteiger charge is -2.35. The van der Waals surface area contributed by atoms with Crippen LogP contribution in [0, 0.1) is 10.8 Å². The fourth-order valence-electron chi connectivity index (χ4n) is 2.98. The largest absolute Gasteiger partial charge is 0.171 e. The molecule has 1 aliphatic rings. The maximum atomic E-state index is 2.46. The second kappa shape index (κ2) is 4.35. The molecule has 0 unspecified atom stereocenters. The number of allylic oxidation sites excluding steroid dienone is 2. The van der Waals surface area contributed by atoms with Gasteiger partial charge in [0.05, 0.1) is 0 Å². The number of rotatable bonds is 3. The average molecular weight is 206 g/mol. The molecule has 15 heavy (non-hydrogen) atoms.